The number of carbonyl (C=O) groups is 1. The molecule has 90 valence electrons. The summed E-state index contributed by atoms with van der Waals surface area (Å²) in [6, 6.07) is 0. The van der Waals surface area contributed by atoms with E-state index in [-0.39, 0.29) is 6.54 Å². The van der Waals surface area contributed by atoms with Crippen LogP contribution in [0.15, 0.2) is 0 Å². The zero-order valence-electron chi connectivity index (χ0n) is 8.40. The minimum Gasteiger partial charge on any atom is -0.340 e. The summed E-state index contributed by atoms with van der Waals surface area (Å²) in [7, 11) is 1.27. The first-order valence-electron chi connectivity index (χ1n) is 4.25. The molecule has 0 aliphatic heterocycles. The standard InChI is InChI=1S/C7H13F2NO4S/c1-3-4-5-10(2)6(11)7(8,9)15-14-13-12/h12H,3-5H2,1-2H3. The molecule has 1 N–H and O–H groups in total. The fourth-order valence-electron chi connectivity index (χ4n) is 0.813. The first kappa shape index (κ1) is 14.6. The van der Waals surface area contributed by atoms with Gasteiger partial charge in [-0.1, -0.05) is 18.4 Å². The van der Waals surface area contributed by atoms with Crippen LogP contribution in [0.25, 0.3) is 0 Å². The molecule has 0 spiro atoms. The predicted octanol–water partition coefficient (Wildman–Crippen LogP) is 1.91. The van der Waals surface area contributed by atoms with E-state index in [1.807, 2.05) is 6.92 Å². The number of nitrogens with zero attached hydrogens (tertiary/aromatic N) is 1. The molecule has 0 radical (unpaired) electrons. The summed E-state index contributed by atoms with van der Waals surface area (Å²) < 4.78 is 29.4. The summed E-state index contributed by atoms with van der Waals surface area (Å²) in [6.07, 6.45) is 1.44. The summed E-state index contributed by atoms with van der Waals surface area (Å²) in [5.41, 5.74) is 0. The van der Waals surface area contributed by atoms with Crippen molar-refractivity contribution in [3.8, 4) is 0 Å². The monoisotopic (exact) mass is 245 g/mol. The molecule has 0 aromatic heterocycles. The largest absolute Gasteiger partial charge is 0.397 e. The van der Waals surface area contributed by atoms with Gasteiger partial charge in [0.15, 0.2) is 0 Å². The summed E-state index contributed by atoms with van der Waals surface area (Å²) >= 11 is -0.548. The van der Waals surface area contributed by atoms with Crippen LogP contribution in [0.1, 0.15) is 19.8 Å². The maximum atomic E-state index is 12.9. The number of amides is 1. The molecule has 0 aliphatic carbocycles. The van der Waals surface area contributed by atoms with Crippen LogP contribution in [0, 0.1) is 0 Å². The zero-order chi connectivity index (χ0) is 11.9. The number of alkyl halides is 2. The zero-order valence-corrected chi connectivity index (χ0v) is 9.22. The minimum absolute atomic E-state index is 0.242. The Morgan fingerprint density at radius 1 is 1.60 bits per heavy atom. The Morgan fingerprint density at radius 2 is 2.20 bits per heavy atom. The van der Waals surface area contributed by atoms with Crippen LogP contribution in [0.5, 0.6) is 0 Å². The van der Waals surface area contributed by atoms with E-state index in [1.54, 1.807) is 0 Å². The van der Waals surface area contributed by atoms with Crippen molar-refractivity contribution >= 4 is 17.9 Å². The Bertz CT molecular complexity index is 205. The van der Waals surface area contributed by atoms with Gasteiger partial charge in [0.05, 0.1) is 0 Å². The SMILES string of the molecule is CCCCN(C)C(=O)C(F)(F)SOOO. The summed E-state index contributed by atoms with van der Waals surface area (Å²) in [5.74, 6) is -1.39. The van der Waals surface area contributed by atoms with Gasteiger partial charge in [-0.25, -0.2) is 5.26 Å². The Balaban J connectivity index is 4.14. The molecular weight excluding hydrogens is 232 g/mol. The number of hydrogen-bond donors (Lipinski definition) is 1. The van der Waals surface area contributed by atoms with Gasteiger partial charge in [-0.05, 0) is 6.42 Å². The van der Waals surface area contributed by atoms with Gasteiger partial charge in [0.25, 0.3) is 0 Å². The molecule has 0 heterocycles. The predicted molar refractivity (Wildman–Crippen MR) is 49.9 cm³/mol. The average Bonchev–Trinajstić information content (AvgIpc) is 2.21. The second-order valence-electron chi connectivity index (χ2n) is 2.82. The third kappa shape index (κ3) is 5.26. The molecule has 0 saturated heterocycles. The highest BCUT2D eigenvalue weighted by molar-refractivity contribution is 7.96. The van der Waals surface area contributed by atoms with Gasteiger partial charge in [0.1, 0.15) is 12.0 Å². The van der Waals surface area contributed by atoms with Crippen LogP contribution in [0.3, 0.4) is 0 Å². The Labute approximate surface area is 90.4 Å². The second-order valence-corrected chi connectivity index (χ2v) is 3.64. The van der Waals surface area contributed by atoms with E-state index in [2.05, 4.69) is 9.37 Å². The molecule has 0 atom stereocenters. The number of unbranched alkanes of at least 4 members (excludes halogenated alkanes) is 1. The first-order chi connectivity index (χ1) is 6.95. The van der Waals surface area contributed by atoms with E-state index in [1.165, 1.54) is 7.05 Å². The Hall–Kier alpha value is -0.440. The van der Waals surface area contributed by atoms with Crippen molar-refractivity contribution in [1.29, 1.82) is 0 Å². The van der Waals surface area contributed by atoms with E-state index in [0.29, 0.717) is 6.42 Å². The van der Waals surface area contributed by atoms with Gasteiger partial charge in [0, 0.05) is 13.6 Å². The van der Waals surface area contributed by atoms with Gasteiger partial charge >= 0.3 is 11.2 Å². The lowest BCUT2D eigenvalue weighted by atomic mass is 10.3. The number of carbonyl (C=O) groups excluding carboxylic acids is 1. The van der Waals surface area contributed by atoms with Crippen molar-refractivity contribution in [3.63, 3.8) is 0 Å². The van der Waals surface area contributed by atoms with Crippen molar-refractivity contribution in [2.45, 2.75) is 25.0 Å². The maximum Gasteiger partial charge on any atom is 0.397 e. The van der Waals surface area contributed by atoms with Gasteiger partial charge in [-0.3, -0.25) is 4.79 Å². The smallest absolute Gasteiger partial charge is 0.340 e. The Kier molecular flexibility index (Phi) is 6.73. The highest BCUT2D eigenvalue weighted by Gasteiger charge is 2.43. The van der Waals surface area contributed by atoms with Crippen molar-refractivity contribution in [2.75, 3.05) is 13.6 Å². The number of hydrogen-bond acceptors (Lipinski definition) is 5. The second kappa shape index (κ2) is 6.94. The summed E-state index contributed by atoms with van der Waals surface area (Å²) in [4.78, 5) is 12.0. The highest BCUT2D eigenvalue weighted by Crippen LogP contribution is 2.31. The topological polar surface area (TPSA) is 59.0 Å². The van der Waals surface area contributed by atoms with Crippen molar-refractivity contribution < 1.29 is 28.2 Å². The molecule has 0 rings (SSSR count). The molecular formula is C7H13F2NO4S. The molecule has 0 aromatic rings. The molecule has 5 nitrogen and oxygen atoms in total. The molecule has 0 saturated carbocycles. The lowest BCUT2D eigenvalue weighted by Gasteiger charge is -2.21. The van der Waals surface area contributed by atoms with Crippen LogP contribution in [0.2, 0.25) is 0 Å². The van der Waals surface area contributed by atoms with Crippen LogP contribution in [-0.2, 0) is 14.2 Å². The van der Waals surface area contributed by atoms with Gasteiger partial charge in [-0.15, -0.1) is 4.33 Å². The summed E-state index contributed by atoms with van der Waals surface area (Å²) in [6.45, 7) is 2.12. The van der Waals surface area contributed by atoms with E-state index in [9.17, 15) is 13.6 Å². The van der Waals surface area contributed by atoms with E-state index >= 15 is 0 Å². The third-order valence-corrected chi connectivity index (χ3v) is 2.12. The summed E-state index contributed by atoms with van der Waals surface area (Å²) in [5, 5.41) is 6.92. The van der Waals surface area contributed by atoms with Gasteiger partial charge in [0.2, 0.25) is 0 Å². The van der Waals surface area contributed by atoms with Crippen LogP contribution >= 0.6 is 12.0 Å². The quantitative estimate of drug-likeness (QED) is 0.422. The molecule has 0 unspecified atom stereocenters. The fourth-order valence-corrected chi connectivity index (χ4v) is 1.16. The van der Waals surface area contributed by atoms with E-state index in [0.717, 1.165) is 11.3 Å². The third-order valence-electron chi connectivity index (χ3n) is 1.61. The van der Waals surface area contributed by atoms with Gasteiger partial charge < -0.3 is 4.90 Å². The molecule has 0 bridgehead atoms. The fraction of sp³-hybridized carbons (Fsp3) is 0.857. The minimum atomic E-state index is -3.77. The highest BCUT2D eigenvalue weighted by atomic mass is 32.2. The van der Waals surface area contributed by atoms with Crippen molar-refractivity contribution in [1.82, 2.24) is 4.90 Å². The molecule has 15 heavy (non-hydrogen) atoms. The maximum absolute atomic E-state index is 12.9. The van der Waals surface area contributed by atoms with Crippen LogP contribution in [0.4, 0.5) is 8.78 Å². The lowest BCUT2D eigenvalue weighted by Crippen LogP contribution is -2.39. The molecule has 1 amide bonds. The molecule has 0 fully saturated rings. The molecule has 0 aromatic carbocycles. The number of rotatable bonds is 7. The first-order valence-corrected chi connectivity index (χ1v) is 4.99. The molecule has 0 aliphatic rings. The van der Waals surface area contributed by atoms with Crippen molar-refractivity contribution in [3.05, 3.63) is 0 Å². The molecule has 8 heteroatoms. The van der Waals surface area contributed by atoms with Crippen LogP contribution < -0.4 is 0 Å². The normalized spacial score (nSPS) is 11.5. The van der Waals surface area contributed by atoms with Gasteiger partial charge in [-0.2, -0.15) is 8.78 Å². The lowest BCUT2D eigenvalue weighted by molar-refractivity contribution is -0.433. The Morgan fingerprint density at radius 3 is 2.67 bits per heavy atom. The average molecular weight is 245 g/mol. The van der Waals surface area contributed by atoms with E-state index in [4.69, 9.17) is 5.26 Å². The van der Waals surface area contributed by atoms with Crippen molar-refractivity contribution in [2.24, 2.45) is 0 Å². The van der Waals surface area contributed by atoms with E-state index < -0.39 is 23.2 Å². The number of halogens is 2. The van der Waals surface area contributed by atoms with Crippen LogP contribution in [-0.4, -0.2) is 34.9 Å².